The summed E-state index contributed by atoms with van der Waals surface area (Å²) in [5, 5.41) is 3.40. The molecule has 0 aliphatic heterocycles. The lowest BCUT2D eigenvalue weighted by molar-refractivity contribution is 0.581. The van der Waals surface area contributed by atoms with Gasteiger partial charge < -0.3 is 10.2 Å². The van der Waals surface area contributed by atoms with Crippen molar-refractivity contribution < 1.29 is 0 Å². The predicted octanol–water partition coefficient (Wildman–Crippen LogP) is 2.43. The lowest BCUT2D eigenvalue weighted by Crippen LogP contribution is -2.23. The van der Waals surface area contributed by atoms with E-state index in [-0.39, 0.29) is 0 Å². The molecule has 2 rings (SSSR count). The van der Waals surface area contributed by atoms with Gasteiger partial charge in [-0.15, -0.1) is 0 Å². The minimum atomic E-state index is 0.504. The van der Waals surface area contributed by atoms with Crippen LogP contribution >= 0.6 is 0 Å². The molecule has 0 bridgehead atoms. The quantitative estimate of drug-likeness (QED) is 0.818. The third-order valence-corrected chi connectivity index (χ3v) is 3.16. The number of hydrogen-bond acceptors (Lipinski definition) is 3. The molecule has 94 valence electrons. The Kier molecular flexibility index (Phi) is 4.00. The van der Waals surface area contributed by atoms with Crippen molar-refractivity contribution in [2.24, 2.45) is 5.92 Å². The summed E-state index contributed by atoms with van der Waals surface area (Å²) in [6.45, 7) is 6.34. The number of nitrogens with one attached hydrogen (secondary N) is 1. The van der Waals surface area contributed by atoms with E-state index in [1.165, 1.54) is 25.1 Å². The Bertz CT molecular complexity index is 358. The molecule has 1 heterocycles. The van der Waals surface area contributed by atoms with E-state index >= 15 is 0 Å². The molecule has 0 unspecified atom stereocenters. The zero-order valence-corrected chi connectivity index (χ0v) is 11.1. The first kappa shape index (κ1) is 12.4. The van der Waals surface area contributed by atoms with E-state index in [9.17, 15) is 0 Å². The predicted molar refractivity (Wildman–Crippen MR) is 72.2 cm³/mol. The monoisotopic (exact) mass is 233 g/mol. The third kappa shape index (κ3) is 4.00. The molecule has 1 aromatic rings. The van der Waals surface area contributed by atoms with Crippen molar-refractivity contribution in [2.75, 3.05) is 18.5 Å². The van der Waals surface area contributed by atoms with Gasteiger partial charge in [0.25, 0.3) is 0 Å². The molecule has 3 heteroatoms. The first-order valence-corrected chi connectivity index (χ1v) is 6.54. The van der Waals surface area contributed by atoms with Gasteiger partial charge >= 0.3 is 0 Å². The molecular formula is C14H23N3. The van der Waals surface area contributed by atoms with Crippen LogP contribution in [-0.2, 0) is 6.54 Å². The highest BCUT2D eigenvalue weighted by molar-refractivity contribution is 5.45. The summed E-state index contributed by atoms with van der Waals surface area (Å²) in [7, 11) is 2.17. The molecule has 1 aliphatic carbocycles. The maximum absolute atomic E-state index is 4.40. The Labute approximate surface area is 104 Å². The van der Waals surface area contributed by atoms with Gasteiger partial charge in [-0.05, 0) is 30.9 Å². The van der Waals surface area contributed by atoms with Gasteiger partial charge in [0.15, 0.2) is 0 Å². The van der Waals surface area contributed by atoms with E-state index in [2.05, 4.69) is 48.2 Å². The lowest BCUT2D eigenvalue weighted by Gasteiger charge is -2.19. The van der Waals surface area contributed by atoms with E-state index in [0.717, 1.165) is 18.2 Å². The number of anilines is 1. The number of aromatic nitrogens is 1. The fraction of sp³-hybridized carbons (Fsp3) is 0.643. The maximum atomic E-state index is 4.40. The first-order valence-electron chi connectivity index (χ1n) is 6.54. The van der Waals surface area contributed by atoms with Crippen molar-refractivity contribution in [3.63, 3.8) is 0 Å². The van der Waals surface area contributed by atoms with Crippen LogP contribution < -0.4 is 10.2 Å². The summed E-state index contributed by atoms with van der Waals surface area (Å²) < 4.78 is 0. The van der Waals surface area contributed by atoms with Crippen LogP contribution in [-0.4, -0.2) is 24.6 Å². The second kappa shape index (κ2) is 5.50. The Balaban J connectivity index is 1.94. The normalized spacial score (nSPS) is 15.3. The summed E-state index contributed by atoms with van der Waals surface area (Å²) in [6.07, 6.45) is 4.71. The van der Waals surface area contributed by atoms with Gasteiger partial charge in [0, 0.05) is 38.1 Å². The molecule has 0 spiro atoms. The fourth-order valence-corrected chi connectivity index (χ4v) is 1.90. The lowest BCUT2D eigenvalue weighted by atomic mass is 10.2. The molecule has 0 radical (unpaired) electrons. The Hall–Kier alpha value is -1.09. The minimum absolute atomic E-state index is 0.504. The van der Waals surface area contributed by atoms with Gasteiger partial charge in [0.05, 0.1) is 5.69 Å². The zero-order chi connectivity index (χ0) is 12.3. The molecule has 0 saturated heterocycles. The van der Waals surface area contributed by atoms with E-state index in [1.54, 1.807) is 0 Å². The summed E-state index contributed by atoms with van der Waals surface area (Å²) in [5.74, 6) is 0.922. The van der Waals surface area contributed by atoms with Crippen LogP contribution in [0.3, 0.4) is 0 Å². The second-order valence-corrected chi connectivity index (χ2v) is 5.36. The van der Waals surface area contributed by atoms with Crippen molar-refractivity contribution in [3.8, 4) is 0 Å². The highest BCUT2D eigenvalue weighted by atomic mass is 15.1. The minimum Gasteiger partial charge on any atom is -0.374 e. The van der Waals surface area contributed by atoms with Gasteiger partial charge in [-0.3, -0.25) is 4.98 Å². The van der Waals surface area contributed by atoms with Crippen LogP contribution in [0.15, 0.2) is 18.3 Å². The highest BCUT2D eigenvalue weighted by Gasteiger charge is 2.22. The van der Waals surface area contributed by atoms with Gasteiger partial charge in [0.1, 0.15) is 0 Å². The highest BCUT2D eigenvalue weighted by Crippen LogP contribution is 2.30. The standard InChI is InChI=1S/C14H23N3/c1-11(2)16-9-13-8-14(6-7-15-13)17(3)10-12-4-5-12/h6-8,11-12,16H,4-5,9-10H2,1-3H3. The van der Waals surface area contributed by atoms with Crippen LogP contribution in [0.2, 0.25) is 0 Å². The molecule has 1 saturated carbocycles. The average molecular weight is 233 g/mol. The Morgan fingerprint density at radius 1 is 1.47 bits per heavy atom. The van der Waals surface area contributed by atoms with Crippen molar-refractivity contribution >= 4 is 5.69 Å². The first-order chi connectivity index (χ1) is 8.15. The molecule has 3 nitrogen and oxygen atoms in total. The van der Waals surface area contributed by atoms with Crippen molar-refractivity contribution in [1.82, 2.24) is 10.3 Å². The topological polar surface area (TPSA) is 28.2 Å². The Morgan fingerprint density at radius 2 is 2.24 bits per heavy atom. The largest absolute Gasteiger partial charge is 0.374 e. The van der Waals surface area contributed by atoms with Gasteiger partial charge in [-0.25, -0.2) is 0 Å². The molecule has 1 aromatic heterocycles. The Morgan fingerprint density at radius 3 is 2.88 bits per heavy atom. The SMILES string of the molecule is CC(C)NCc1cc(N(C)CC2CC2)ccn1. The van der Waals surface area contributed by atoms with Crippen LogP contribution in [0, 0.1) is 5.92 Å². The maximum Gasteiger partial charge on any atom is 0.0562 e. The number of pyridine rings is 1. The molecule has 0 aromatic carbocycles. The molecule has 0 amide bonds. The van der Waals surface area contributed by atoms with Crippen molar-refractivity contribution in [3.05, 3.63) is 24.0 Å². The molecule has 1 N–H and O–H groups in total. The van der Waals surface area contributed by atoms with E-state index in [4.69, 9.17) is 0 Å². The summed E-state index contributed by atoms with van der Waals surface area (Å²) in [4.78, 5) is 6.74. The second-order valence-electron chi connectivity index (χ2n) is 5.36. The molecule has 1 aliphatic rings. The van der Waals surface area contributed by atoms with E-state index < -0.39 is 0 Å². The summed E-state index contributed by atoms with van der Waals surface area (Å²) >= 11 is 0. The molecule has 17 heavy (non-hydrogen) atoms. The van der Waals surface area contributed by atoms with E-state index in [0.29, 0.717) is 6.04 Å². The van der Waals surface area contributed by atoms with Gasteiger partial charge in [0.2, 0.25) is 0 Å². The fourth-order valence-electron chi connectivity index (χ4n) is 1.90. The van der Waals surface area contributed by atoms with E-state index in [1.807, 2.05) is 6.20 Å². The van der Waals surface area contributed by atoms with Crippen molar-refractivity contribution in [2.45, 2.75) is 39.3 Å². The molecule has 0 atom stereocenters. The molecular weight excluding hydrogens is 210 g/mol. The third-order valence-electron chi connectivity index (χ3n) is 3.16. The number of hydrogen-bond donors (Lipinski definition) is 1. The van der Waals surface area contributed by atoms with Crippen LogP contribution in [0.5, 0.6) is 0 Å². The van der Waals surface area contributed by atoms with Gasteiger partial charge in [-0.2, -0.15) is 0 Å². The number of rotatable bonds is 6. The molecule has 1 fully saturated rings. The zero-order valence-electron chi connectivity index (χ0n) is 11.1. The summed E-state index contributed by atoms with van der Waals surface area (Å²) in [5.41, 5.74) is 2.41. The average Bonchev–Trinajstić information content (AvgIpc) is 3.10. The van der Waals surface area contributed by atoms with Crippen LogP contribution in [0.1, 0.15) is 32.4 Å². The van der Waals surface area contributed by atoms with Crippen molar-refractivity contribution in [1.29, 1.82) is 0 Å². The van der Waals surface area contributed by atoms with Crippen LogP contribution in [0.4, 0.5) is 5.69 Å². The van der Waals surface area contributed by atoms with Gasteiger partial charge in [-0.1, -0.05) is 13.8 Å². The summed E-state index contributed by atoms with van der Waals surface area (Å²) in [6, 6.07) is 4.79. The smallest absolute Gasteiger partial charge is 0.0562 e. The number of nitrogens with zero attached hydrogens (tertiary/aromatic N) is 2. The van der Waals surface area contributed by atoms with Crippen LogP contribution in [0.25, 0.3) is 0 Å².